The summed E-state index contributed by atoms with van der Waals surface area (Å²) in [7, 11) is 1.61. The van der Waals surface area contributed by atoms with Crippen molar-refractivity contribution in [3.8, 4) is 5.75 Å². The minimum atomic E-state index is -0.114. The minimum absolute atomic E-state index is 0.114. The number of fused-ring (bicyclic) bond motifs is 1. The van der Waals surface area contributed by atoms with Crippen molar-refractivity contribution < 1.29 is 13.9 Å². The van der Waals surface area contributed by atoms with Crippen molar-refractivity contribution in [2.24, 2.45) is 0 Å². The Labute approximate surface area is 173 Å². The van der Waals surface area contributed by atoms with E-state index < -0.39 is 0 Å². The Morgan fingerprint density at radius 2 is 2.07 bits per heavy atom. The number of rotatable bonds is 5. The van der Waals surface area contributed by atoms with Gasteiger partial charge < -0.3 is 19.4 Å². The molecule has 1 aromatic heterocycles. The summed E-state index contributed by atoms with van der Waals surface area (Å²) in [5.41, 5.74) is 3.26. The van der Waals surface area contributed by atoms with Crippen LogP contribution in [0.3, 0.4) is 0 Å². The van der Waals surface area contributed by atoms with Crippen LogP contribution in [0.5, 0.6) is 5.75 Å². The molecule has 0 atom stereocenters. The number of hydrogen-bond donors (Lipinski definition) is 1. The molecule has 0 bridgehead atoms. The first kappa shape index (κ1) is 19.0. The second-order valence-corrected chi connectivity index (χ2v) is 8.25. The summed E-state index contributed by atoms with van der Waals surface area (Å²) in [4.78, 5) is 14.8. The smallest absolute Gasteiger partial charge is 0.228 e. The molecular formula is C21H21ClN2O3S. The summed E-state index contributed by atoms with van der Waals surface area (Å²) in [5.74, 6) is 2.83. The zero-order chi connectivity index (χ0) is 19.5. The maximum absolute atomic E-state index is 12.5. The number of carbonyl (C=O) groups is 1. The summed E-state index contributed by atoms with van der Waals surface area (Å²) in [6, 6.07) is 11.3. The lowest BCUT2D eigenvalue weighted by molar-refractivity contribution is -0.115. The first-order valence-electron chi connectivity index (χ1n) is 9.10. The number of hydrogen-bond acceptors (Lipinski definition) is 5. The Balaban J connectivity index is 1.44. The van der Waals surface area contributed by atoms with E-state index in [9.17, 15) is 4.79 Å². The number of amides is 1. The van der Waals surface area contributed by atoms with Gasteiger partial charge in [0, 0.05) is 47.3 Å². The van der Waals surface area contributed by atoms with E-state index in [4.69, 9.17) is 20.8 Å². The second-order valence-electron chi connectivity index (χ2n) is 6.61. The number of benzene rings is 2. The van der Waals surface area contributed by atoms with Gasteiger partial charge in [0.15, 0.2) is 0 Å². The third-order valence-electron chi connectivity index (χ3n) is 4.80. The molecule has 0 saturated carbocycles. The van der Waals surface area contributed by atoms with Crippen LogP contribution in [0.15, 0.2) is 47.1 Å². The summed E-state index contributed by atoms with van der Waals surface area (Å²) in [6.45, 7) is 1.99. The summed E-state index contributed by atoms with van der Waals surface area (Å²) in [6.07, 6.45) is 1.84. The molecule has 1 aliphatic heterocycles. The van der Waals surface area contributed by atoms with Gasteiger partial charge in [0.2, 0.25) is 5.91 Å². The van der Waals surface area contributed by atoms with E-state index in [1.165, 1.54) is 0 Å². The quantitative estimate of drug-likeness (QED) is 0.645. The molecule has 146 valence electrons. The van der Waals surface area contributed by atoms with Crippen LogP contribution in [-0.2, 0) is 11.2 Å². The Bertz CT molecular complexity index is 998. The Hall–Kier alpha value is -2.31. The topological polar surface area (TPSA) is 54.7 Å². The van der Waals surface area contributed by atoms with Gasteiger partial charge in [0.1, 0.15) is 11.3 Å². The minimum Gasteiger partial charge on any atom is -0.497 e. The van der Waals surface area contributed by atoms with E-state index in [2.05, 4.69) is 10.2 Å². The lowest BCUT2D eigenvalue weighted by Crippen LogP contribution is -2.32. The van der Waals surface area contributed by atoms with E-state index >= 15 is 0 Å². The normalized spacial score (nSPS) is 14.3. The molecule has 4 rings (SSSR count). The predicted octanol–water partition coefficient (Wildman–Crippen LogP) is 4.83. The number of thioether (sulfide) groups is 1. The predicted molar refractivity (Wildman–Crippen MR) is 116 cm³/mol. The largest absolute Gasteiger partial charge is 0.497 e. The standard InChI is InChI=1S/C21H21ClN2O3S/c1-26-16-3-4-17-14(13-27-20(17)12-16)10-21(25)23-15-2-5-19(18(22)11-15)24-6-8-28-9-7-24/h2-5,11-13H,6-10H2,1H3,(H,23,25). The van der Waals surface area contributed by atoms with Crippen LogP contribution in [-0.4, -0.2) is 37.6 Å². The molecule has 0 spiro atoms. The van der Waals surface area contributed by atoms with Crippen molar-refractivity contribution >= 4 is 51.6 Å². The lowest BCUT2D eigenvalue weighted by atomic mass is 10.1. The zero-order valence-corrected chi connectivity index (χ0v) is 17.1. The average Bonchev–Trinajstić information content (AvgIpc) is 3.10. The van der Waals surface area contributed by atoms with Crippen molar-refractivity contribution in [1.82, 2.24) is 0 Å². The highest BCUT2D eigenvalue weighted by molar-refractivity contribution is 7.99. The van der Waals surface area contributed by atoms with Gasteiger partial charge in [-0.2, -0.15) is 11.8 Å². The first-order chi connectivity index (χ1) is 13.6. The molecule has 1 saturated heterocycles. The first-order valence-corrected chi connectivity index (χ1v) is 10.6. The van der Waals surface area contributed by atoms with Gasteiger partial charge in [0.05, 0.1) is 30.5 Å². The van der Waals surface area contributed by atoms with Crippen LogP contribution in [0.25, 0.3) is 11.0 Å². The fourth-order valence-electron chi connectivity index (χ4n) is 3.35. The van der Waals surface area contributed by atoms with Gasteiger partial charge in [-0.25, -0.2) is 0 Å². The maximum atomic E-state index is 12.5. The highest BCUT2D eigenvalue weighted by atomic mass is 35.5. The lowest BCUT2D eigenvalue weighted by Gasteiger charge is -2.29. The summed E-state index contributed by atoms with van der Waals surface area (Å²) >= 11 is 8.43. The number of furan rings is 1. The number of carbonyl (C=O) groups excluding carboxylic acids is 1. The van der Waals surface area contributed by atoms with Crippen molar-refractivity contribution in [3.05, 3.63) is 53.2 Å². The third-order valence-corrected chi connectivity index (χ3v) is 6.04. The molecule has 1 N–H and O–H groups in total. The Kier molecular flexibility index (Phi) is 5.69. The fourth-order valence-corrected chi connectivity index (χ4v) is 4.55. The van der Waals surface area contributed by atoms with Gasteiger partial charge in [-0.1, -0.05) is 11.6 Å². The van der Waals surface area contributed by atoms with Crippen LogP contribution in [0.2, 0.25) is 5.02 Å². The Morgan fingerprint density at radius 3 is 2.82 bits per heavy atom. The van der Waals surface area contributed by atoms with Gasteiger partial charge in [-0.15, -0.1) is 0 Å². The molecule has 0 aliphatic carbocycles. The SMILES string of the molecule is COc1ccc2c(CC(=O)Nc3ccc(N4CCSCC4)c(Cl)c3)coc2c1. The number of nitrogens with one attached hydrogen (secondary N) is 1. The van der Waals surface area contributed by atoms with Crippen LogP contribution in [0, 0.1) is 0 Å². The molecule has 1 fully saturated rings. The van der Waals surface area contributed by atoms with Crippen molar-refractivity contribution in [3.63, 3.8) is 0 Å². The highest BCUT2D eigenvalue weighted by Gasteiger charge is 2.16. The van der Waals surface area contributed by atoms with E-state index in [0.29, 0.717) is 16.3 Å². The van der Waals surface area contributed by atoms with Crippen LogP contribution in [0.1, 0.15) is 5.56 Å². The number of methoxy groups -OCH3 is 1. The molecule has 1 aliphatic rings. The van der Waals surface area contributed by atoms with Gasteiger partial charge in [0.25, 0.3) is 0 Å². The molecule has 7 heteroatoms. The molecule has 5 nitrogen and oxygen atoms in total. The molecule has 0 radical (unpaired) electrons. The van der Waals surface area contributed by atoms with Crippen LogP contribution >= 0.6 is 23.4 Å². The average molecular weight is 417 g/mol. The van der Waals surface area contributed by atoms with E-state index in [1.54, 1.807) is 13.4 Å². The zero-order valence-electron chi connectivity index (χ0n) is 15.5. The molecule has 0 unspecified atom stereocenters. The van der Waals surface area contributed by atoms with E-state index in [1.807, 2.05) is 48.2 Å². The summed E-state index contributed by atoms with van der Waals surface area (Å²) < 4.78 is 10.8. The molecule has 2 aromatic carbocycles. The second kappa shape index (κ2) is 8.37. The number of ether oxygens (including phenoxy) is 1. The monoisotopic (exact) mass is 416 g/mol. The van der Waals surface area contributed by atoms with E-state index in [0.717, 1.165) is 47.0 Å². The van der Waals surface area contributed by atoms with Gasteiger partial charge in [-0.05, 0) is 30.3 Å². The number of anilines is 2. The van der Waals surface area contributed by atoms with E-state index in [-0.39, 0.29) is 12.3 Å². The van der Waals surface area contributed by atoms with Gasteiger partial charge >= 0.3 is 0 Å². The molecular weight excluding hydrogens is 396 g/mol. The third kappa shape index (κ3) is 4.08. The number of halogens is 1. The van der Waals surface area contributed by atoms with Crippen molar-refractivity contribution in [2.45, 2.75) is 6.42 Å². The summed E-state index contributed by atoms with van der Waals surface area (Å²) in [5, 5.41) is 4.49. The van der Waals surface area contributed by atoms with Crippen molar-refractivity contribution in [1.29, 1.82) is 0 Å². The van der Waals surface area contributed by atoms with Crippen LogP contribution < -0.4 is 15.0 Å². The Morgan fingerprint density at radius 1 is 1.25 bits per heavy atom. The molecule has 3 aromatic rings. The van der Waals surface area contributed by atoms with Crippen LogP contribution in [0.4, 0.5) is 11.4 Å². The number of nitrogens with zero attached hydrogens (tertiary/aromatic N) is 1. The molecule has 2 heterocycles. The van der Waals surface area contributed by atoms with Gasteiger partial charge in [-0.3, -0.25) is 4.79 Å². The fraction of sp³-hybridized carbons (Fsp3) is 0.286. The highest BCUT2D eigenvalue weighted by Crippen LogP contribution is 2.31. The molecule has 28 heavy (non-hydrogen) atoms. The van der Waals surface area contributed by atoms with Crippen molar-refractivity contribution in [2.75, 3.05) is 41.9 Å². The molecule has 1 amide bonds. The maximum Gasteiger partial charge on any atom is 0.228 e.